The maximum atomic E-state index is 12.9. The average molecular weight is 1170 g/mol. The number of likely N-dealkylation sites (N-methyl/N-ethyl adjacent to an activating group) is 1. The first-order chi connectivity index (χ1) is 40.6. The number of aliphatic carboxylic acids is 1. The van der Waals surface area contributed by atoms with E-state index in [0.717, 1.165) is 38.5 Å². The summed E-state index contributed by atoms with van der Waals surface area (Å²) in [7, 11) is 5.99. The van der Waals surface area contributed by atoms with Crippen LogP contribution in [-0.2, 0) is 33.3 Å². The molecule has 0 aromatic rings. The van der Waals surface area contributed by atoms with Crippen LogP contribution in [0.15, 0.2) is 24.3 Å². The molecule has 0 rings (SSSR count). The molecule has 0 bridgehead atoms. The summed E-state index contributed by atoms with van der Waals surface area (Å²) in [6.45, 7) is 4.93. The van der Waals surface area contributed by atoms with Crippen LogP contribution in [0.3, 0.4) is 0 Å². The van der Waals surface area contributed by atoms with Gasteiger partial charge in [0, 0.05) is 12.8 Å². The van der Waals surface area contributed by atoms with E-state index in [1.165, 1.54) is 308 Å². The van der Waals surface area contributed by atoms with Crippen molar-refractivity contribution in [1.82, 2.24) is 0 Å². The molecule has 9 heteroatoms. The van der Waals surface area contributed by atoms with Gasteiger partial charge in [-0.3, -0.25) is 9.59 Å². The molecule has 2 unspecified atom stereocenters. The van der Waals surface area contributed by atoms with E-state index in [-0.39, 0.29) is 38.2 Å². The van der Waals surface area contributed by atoms with Crippen molar-refractivity contribution in [2.45, 2.75) is 386 Å². The van der Waals surface area contributed by atoms with Gasteiger partial charge < -0.3 is 28.5 Å². The van der Waals surface area contributed by atoms with Crippen molar-refractivity contribution in [3.05, 3.63) is 24.3 Å². The quantitative estimate of drug-likeness (QED) is 0.0211. The highest BCUT2D eigenvalue weighted by atomic mass is 16.7. The van der Waals surface area contributed by atoms with Crippen molar-refractivity contribution in [3.63, 3.8) is 0 Å². The van der Waals surface area contributed by atoms with Crippen molar-refractivity contribution in [1.29, 1.82) is 0 Å². The monoisotopic (exact) mass is 1170 g/mol. The fourth-order valence-electron chi connectivity index (χ4n) is 11.1. The first-order valence-electron chi connectivity index (χ1n) is 36.5. The number of carboxylic acid groups (broad SMARTS) is 1. The molecule has 490 valence electrons. The van der Waals surface area contributed by atoms with Crippen LogP contribution in [0, 0.1) is 0 Å². The zero-order valence-corrected chi connectivity index (χ0v) is 56.1. The van der Waals surface area contributed by atoms with E-state index in [0.29, 0.717) is 17.4 Å². The maximum absolute atomic E-state index is 12.9. The van der Waals surface area contributed by atoms with Gasteiger partial charge in [0.2, 0.25) is 0 Å². The highest BCUT2D eigenvalue weighted by Crippen LogP contribution is 2.19. The topological polar surface area (TPSA) is 108 Å². The smallest absolute Gasteiger partial charge is 0.361 e. The van der Waals surface area contributed by atoms with E-state index in [1.54, 1.807) is 0 Å². The van der Waals surface area contributed by atoms with E-state index in [4.69, 9.17) is 18.9 Å². The molecule has 0 saturated carbocycles. The Labute approximate surface area is 516 Å². The van der Waals surface area contributed by atoms with Gasteiger partial charge in [0.25, 0.3) is 6.29 Å². The number of nitrogens with zero attached hydrogens (tertiary/aromatic N) is 1. The van der Waals surface area contributed by atoms with Crippen LogP contribution in [0.5, 0.6) is 0 Å². The summed E-state index contributed by atoms with van der Waals surface area (Å²) in [6.07, 6.45) is 79.0. The van der Waals surface area contributed by atoms with Crippen LogP contribution in [0.2, 0.25) is 0 Å². The summed E-state index contributed by atoms with van der Waals surface area (Å²) < 4.78 is 23.0. The second-order valence-corrected chi connectivity index (χ2v) is 26.3. The Hall–Kier alpha value is -2.23. The molecular formula is C74H142NO8+. The minimum atomic E-state index is -1.51. The first kappa shape index (κ1) is 80.8. The minimum absolute atomic E-state index is 0.178. The molecule has 2 atom stereocenters. The molecule has 0 fully saturated rings. The van der Waals surface area contributed by atoms with Crippen LogP contribution in [0.1, 0.15) is 373 Å². The number of hydrogen-bond donors (Lipinski definition) is 1. The highest BCUT2D eigenvalue weighted by molar-refractivity contribution is 5.71. The van der Waals surface area contributed by atoms with Gasteiger partial charge in [0.15, 0.2) is 6.10 Å². The van der Waals surface area contributed by atoms with Crippen molar-refractivity contribution in [2.24, 2.45) is 0 Å². The third-order valence-electron chi connectivity index (χ3n) is 16.7. The lowest BCUT2D eigenvalue weighted by molar-refractivity contribution is -0.870. The molecule has 0 aliphatic carbocycles. The molecule has 9 nitrogen and oxygen atoms in total. The van der Waals surface area contributed by atoms with Crippen molar-refractivity contribution < 1.29 is 42.9 Å². The Morgan fingerprint density at radius 1 is 0.349 bits per heavy atom. The lowest BCUT2D eigenvalue weighted by atomic mass is 10.0. The van der Waals surface area contributed by atoms with Crippen LogP contribution in [0.25, 0.3) is 0 Å². The number of unbranched alkanes of at least 4 members (excludes halogenated alkanes) is 50. The molecule has 0 aromatic heterocycles. The fraction of sp³-hybridized carbons (Fsp3) is 0.905. The molecule has 0 spiro atoms. The second kappa shape index (κ2) is 65.7. The highest BCUT2D eigenvalue weighted by Gasteiger charge is 2.25. The summed E-state index contributed by atoms with van der Waals surface area (Å²) in [5.74, 6) is -1.98. The Morgan fingerprint density at radius 2 is 0.614 bits per heavy atom. The van der Waals surface area contributed by atoms with Gasteiger partial charge in [0.05, 0.1) is 34.4 Å². The number of carboxylic acids is 1. The van der Waals surface area contributed by atoms with Crippen LogP contribution in [-0.4, -0.2) is 87.4 Å². The van der Waals surface area contributed by atoms with E-state index in [2.05, 4.69) is 38.2 Å². The molecule has 0 aliphatic rings. The lowest BCUT2D eigenvalue weighted by Crippen LogP contribution is -2.40. The fourth-order valence-corrected chi connectivity index (χ4v) is 11.1. The third kappa shape index (κ3) is 67.1. The predicted molar refractivity (Wildman–Crippen MR) is 355 cm³/mol. The summed E-state index contributed by atoms with van der Waals surface area (Å²) in [6, 6.07) is 0. The zero-order chi connectivity index (χ0) is 60.5. The van der Waals surface area contributed by atoms with Gasteiger partial charge in [0.1, 0.15) is 13.2 Å². The number of esters is 2. The normalized spacial score (nSPS) is 12.7. The van der Waals surface area contributed by atoms with Gasteiger partial charge in [-0.1, -0.05) is 321 Å². The SMILES string of the molecule is CCCCCCCC/C=C\CCCCCCCCCC(=O)OCC(COC(OCC[N+](C)(C)C)C(=O)O)OC(=O)CCCCCCCCCCCCCCCCCCCCCCCCCCCCCCC/C=C\CCCCCCCCCC. The number of allylic oxidation sites excluding steroid dienone is 4. The Morgan fingerprint density at radius 3 is 0.892 bits per heavy atom. The van der Waals surface area contributed by atoms with E-state index in [9.17, 15) is 19.5 Å². The van der Waals surface area contributed by atoms with Crippen molar-refractivity contribution in [2.75, 3.05) is 47.5 Å². The van der Waals surface area contributed by atoms with Crippen molar-refractivity contribution >= 4 is 17.9 Å². The Kier molecular flexibility index (Phi) is 64.0. The molecule has 0 aromatic carbocycles. The number of rotatable bonds is 69. The zero-order valence-electron chi connectivity index (χ0n) is 56.1. The molecule has 1 N–H and O–H groups in total. The molecule has 0 aliphatic heterocycles. The predicted octanol–water partition coefficient (Wildman–Crippen LogP) is 22.6. The number of quaternary nitrogens is 1. The number of hydrogen-bond acceptors (Lipinski definition) is 7. The second-order valence-electron chi connectivity index (χ2n) is 26.3. The minimum Gasteiger partial charge on any atom is -0.477 e. The largest absolute Gasteiger partial charge is 0.477 e. The summed E-state index contributed by atoms with van der Waals surface area (Å²) >= 11 is 0. The summed E-state index contributed by atoms with van der Waals surface area (Å²) in [5, 5.41) is 9.73. The van der Waals surface area contributed by atoms with Gasteiger partial charge in [-0.2, -0.15) is 0 Å². The molecule has 0 saturated heterocycles. The van der Waals surface area contributed by atoms with Gasteiger partial charge in [-0.25, -0.2) is 4.79 Å². The van der Waals surface area contributed by atoms with Gasteiger partial charge in [-0.05, 0) is 64.2 Å². The Balaban J connectivity index is 3.90. The lowest BCUT2D eigenvalue weighted by Gasteiger charge is -2.25. The standard InChI is InChI=1S/C74H141NO8/c1-6-8-10-12-14-16-18-20-22-24-25-26-27-28-29-30-31-32-33-34-35-36-37-38-39-40-41-42-43-44-45-46-47-49-51-53-55-57-59-61-63-65-72(77)83-70(69-82-74(73(78)79)80-67-66-75(3,4)5)68-81-71(76)64-62-60-58-56-54-52-50-48-23-21-19-17-15-13-11-9-7-2/h21,23-25,70,74H,6-20,22,26-69H2,1-5H3/p+1/b23-21-,25-24-. The molecule has 0 heterocycles. The van der Waals surface area contributed by atoms with E-state index >= 15 is 0 Å². The molecular weight excluding hydrogens is 1030 g/mol. The van der Waals surface area contributed by atoms with E-state index in [1.807, 2.05) is 21.1 Å². The van der Waals surface area contributed by atoms with Crippen LogP contribution < -0.4 is 0 Å². The number of carbonyl (C=O) groups is 3. The summed E-state index contributed by atoms with van der Waals surface area (Å²) in [4.78, 5) is 37.5. The summed E-state index contributed by atoms with van der Waals surface area (Å²) in [5.41, 5.74) is 0. The Bertz CT molecular complexity index is 1410. The maximum Gasteiger partial charge on any atom is 0.361 e. The van der Waals surface area contributed by atoms with Crippen LogP contribution in [0.4, 0.5) is 0 Å². The number of ether oxygens (including phenoxy) is 4. The van der Waals surface area contributed by atoms with Crippen LogP contribution >= 0.6 is 0 Å². The molecule has 0 radical (unpaired) electrons. The van der Waals surface area contributed by atoms with E-state index < -0.39 is 18.4 Å². The van der Waals surface area contributed by atoms with Gasteiger partial charge >= 0.3 is 17.9 Å². The average Bonchev–Trinajstić information content (AvgIpc) is 3.47. The molecule has 0 amide bonds. The first-order valence-corrected chi connectivity index (χ1v) is 36.5. The van der Waals surface area contributed by atoms with Crippen molar-refractivity contribution in [3.8, 4) is 0 Å². The third-order valence-corrected chi connectivity index (χ3v) is 16.7. The number of carbonyl (C=O) groups excluding carboxylic acids is 2. The van der Waals surface area contributed by atoms with Gasteiger partial charge in [-0.15, -0.1) is 0 Å². The molecule has 83 heavy (non-hydrogen) atoms.